The van der Waals surface area contributed by atoms with Gasteiger partial charge in [0.1, 0.15) is 0 Å². The lowest BCUT2D eigenvalue weighted by Gasteiger charge is -2.11. The molecule has 0 aliphatic carbocycles. The van der Waals surface area contributed by atoms with Crippen molar-refractivity contribution >= 4 is 5.91 Å². The summed E-state index contributed by atoms with van der Waals surface area (Å²) in [6.45, 7) is 6.04. The van der Waals surface area contributed by atoms with Crippen LogP contribution in [0.1, 0.15) is 39.5 Å². The standard InChI is InChI=1S/C11H24N2O/c1-4-10(5-2)9-11(14)13-8-6-7-12-3/h10,12H,4-9H2,1-3H3,(H,13,14). The fourth-order valence-electron chi connectivity index (χ4n) is 1.40. The van der Waals surface area contributed by atoms with Gasteiger partial charge in [0, 0.05) is 13.0 Å². The van der Waals surface area contributed by atoms with Gasteiger partial charge >= 0.3 is 0 Å². The molecule has 0 heterocycles. The third-order valence-corrected chi connectivity index (χ3v) is 2.55. The molecule has 0 aromatic rings. The largest absolute Gasteiger partial charge is 0.356 e. The molecule has 0 aromatic heterocycles. The normalized spacial score (nSPS) is 10.6. The molecule has 1 amide bonds. The van der Waals surface area contributed by atoms with E-state index in [1.54, 1.807) is 0 Å². The zero-order valence-electron chi connectivity index (χ0n) is 9.73. The second-order valence-electron chi connectivity index (χ2n) is 3.69. The quantitative estimate of drug-likeness (QED) is 0.584. The number of carbonyl (C=O) groups excluding carboxylic acids is 1. The van der Waals surface area contributed by atoms with Gasteiger partial charge < -0.3 is 10.6 Å². The monoisotopic (exact) mass is 200 g/mol. The average molecular weight is 200 g/mol. The lowest BCUT2D eigenvalue weighted by Crippen LogP contribution is -2.28. The fraction of sp³-hybridized carbons (Fsp3) is 0.909. The SMILES string of the molecule is CCC(CC)CC(=O)NCCCNC. The van der Waals surface area contributed by atoms with E-state index in [4.69, 9.17) is 0 Å². The van der Waals surface area contributed by atoms with E-state index < -0.39 is 0 Å². The third-order valence-electron chi connectivity index (χ3n) is 2.55. The summed E-state index contributed by atoms with van der Waals surface area (Å²) in [6, 6.07) is 0. The minimum Gasteiger partial charge on any atom is -0.356 e. The highest BCUT2D eigenvalue weighted by Gasteiger charge is 2.08. The Kier molecular flexibility index (Phi) is 8.64. The average Bonchev–Trinajstić information content (AvgIpc) is 2.21. The molecule has 0 saturated heterocycles. The van der Waals surface area contributed by atoms with Crippen LogP contribution < -0.4 is 10.6 Å². The Balaban J connectivity index is 3.44. The Hall–Kier alpha value is -0.570. The first-order chi connectivity index (χ1) is 6.74. The lowest BCUT2D eigenvalue weighted by molar-refractivity contribution is -0.122. The first-order valence-corrected chi connectivity index (χ1v) is 5.65. The van der Waals surface area contributed by atoms with Gasteiger partial charge in [-0.2, -0.15) is 0 Å². The molecule has 0 rings (SSSR count). The number of hydrogen-bond donors (Lipinski definition) is 2. The predicted molar refractivity (Wildman–Crippen MR) is 60.2 cm³/mol. The van der Waals surface area contributed by atoms with Crippen molar-refractivity contribution in [3.63, 3.8) is 0 Å². The second-order valence-corrected chi connectivity index (χ2v) is 3.69. The second kappa shape index (κ2) is 9.00. The summed E-state index contributed by atoms with van der Waals surface area (Å²) in [5.41, 5.74) is 0. The molecule has 14 heavy (non-hydrogen) atoms. The molecular weight excluding hydrogens is 176 g/mol. The highest BCUT2D eigenvalue weighted by Crippen LogP contribution is 2.11. The van der Waals surface area contributed by atoms with Crippen molar-refractivity contribution < 1.29 is 4.79 Å². The van der Waals surface area contributed by atoms with Crippen LogP contribution in [0.4, 0.5) is 0 Å². The van der Waals surface area contributed by atoms with Crippen LogP contribution in [0.5, 0.6) is 0 Å². The van der Waals surface area contributed by atoms with Crippen LogP contribution in [-0.2, 0) is 4.79 Å². The van der Waals surface area contributed by atoms with Crippen molar-refractivity contribution in [2.45, 2.75) is 39.5 Å². The molecule has 84 valence electrons. The van der Waals surface area contributed by atoms with Crippen molar-refractivity contribution in [2.75, 3.05) is 20.1 Å². The molecule has 0 atom stereocenters. The zero-order valence-corrected chi connectivity index (χ0v) is 9.73. The summed E-state index contributed by atoms with van der Waals surface area (Å²) in [5, 5.41) is 5.99. The van der Waals surface area contributed by atoms with Crippen LogP contribution in [0, 0.1) is 5.92 Å². The lowest BCUT2D eigenvalue weighted by atomic mass is 9.99. The van der Waals surface area contributed by atoms with E-state index >= 15 is 0 Å². The van der Waals surface area contributed by atoms with Gasteiger partial charge in [-0.05, 0) is 25.9 Å². The first kappa shape index (κ1) is 13.4. The molecule has 0 aromatic carbocycles. The summed E-state index contributed by atoms with van der Waals surface area (Å²) < 4.78 is 0. The fourth-order valence-corrected chi connectivity index (χ4v) is 1.40. The Morgan fingerprint density at radius 3 is 2.36 bits per heavy atom. The first-order valence-electron chi connectivity index (χ1n) is 5.65. The maximum Gasteiger partial charge on any atom is 0.220 e. The van der Waals surface area contributed by atoms with E-state index in [0.717, 1.165) is 32.4 Å². The minimum absolute atomic E-state index is 0.204. The Bertz CT molecular complexity index is 144. The van der Waals surface area contributed by atoms with Gasteiger partial charge in [0.05, 0.1) is 0 Å². The summed E-state index contributed by atoms with van der Waals surface area (Å²) in [6.07, 6.45) is 3.89. The smallest absolute Gasteiger partial charge is 0.220 e. The predicted octanol–water partition coefficient (Wildman–Crippen LogP) is 1.54. The summed E-state index contributed by atoms with van der Waals surface area (Å²) >= 11 is 0. The van der Waals surface area contributed by atoms with Crippen LogP contribution in [0.25, 0.3) is 0 Å². The number of hydrogen-bond acceptors (Lipinski definition) is 2. The topological polar surface area (TPSA) is 41.1 Å². The third kappa shape index (κ3) is 6.89. The minimum atomic E-state index is 0.204. The maximum absolute atomic E-state index is 11.4. The molecule has 0 bridgehead atoms. The molecule has 3 heteroatoms. The molecule has 0 saturated carbocycles. The van der Waals surface area contributed by atoms with Crippen molar-refractivity contribution in [3.05, 3.63) is 0 Å². The van der Waals surface area contributed by atoms with Gasteiger partial charge in [0.15, 0.2) is 0 Å². The van der Waals surface area contributed by atoms with Crippen LogP contribution in [0.3, 0.4) is 0 Å². The molecule has 2 N–H and O–H groups in total. The highest BCUT2D eigenvalue weighted by atomic mass is 16.1. The van der Waals surface area contributed by atoms with Gasteiger partial charge in [-0.1, -0.05) is 26.7 Å². The molecule has 3 nitrogen and oxygen atoms in total. The Labute approximate surface area is 87.6 Å². The van der Waals surface area contributed by atoms with E-state index in [1.165, 1.54) is 0 Å². The molecule has 0 spiro atoms. The summed E-state index contributed by atoms with van der Waals surface area (Å²) in [4.78, 5) is 11.4. The molecule has 0 radical (unpaired) electrons. The maximum atomic E-state index is 11.4. The number of amides is 1. The van der Waals surface area contributed by atoms with Crippen LogP contribution in [-0.4, -0.2) is 26.0 Å². The Morgan fingerprint density at radius 1 is 1.21 bits per heavy atom. The van der Waals surface area contributed by atoms with Gasteiger partial charge in [0.2, 0.25) is 5.91 Å². The van der Waals surface area contributed by atoms with Crippen molar-refractivity contribution in [3.8, 4) is 0 Å². The highest BCUT2D eigenvalue weighted by molar-refractivity contribution is 5.76. The molecule has 0 unspecified atom stereocenters. The zero-order chi connectivity index (χ0) is 10.8. The molecule has 0 aliphatic heterocycles. The van der Waals surface area contributed by atoms with Crippen LogP contribution in [0.15, 0.2) is 0 Å². The number of carbonyl (C=O) groups is 1. The summed E-state index contributed by atoms with van der Waals surface area (Å²) in [7, 11) is 1.92. The Morgan fingerprint density at radius 2 is 1.86 bits per heavy atom. The van der Waals surface area contributed by atoms with Crippen LogP contribution >= 0.6 is 0 Å². The number of nitrogens with one attached hydrogen (secondary N) is 2. The van der Waals surface area contributed by atoms with E-state index in [-0.39, 0.29) is 5.91 Å². The van der Waals surface area contributed by atoms with E-state index in [9.17, 15) is 4.79 Å². The van der Waals surface area contributed by atoms with Crippen molar-refractivity contribution in [1.82, 2.24) is 10.6 Å². The number of rotatable bonds is 8. The van der Waals surface area contributed by atoms with Gasteiger partial charge in [0.25, 0.3) is 0 Å². The van der Waals surface area contributed by atoms with Gasteiger partial charge in [-0.25, -0.2) is 0 Å². The molecular formula is C11H24N2O. The molecule has 0 aliphatic rings. The van der Waals surface area contributed by atoms with Crippen LogP contribution in [0.2, 0.25) is 0 Å². The van der Waals surface area contributed by atoms with E-state index in [1.807, 2.05) is 7.05 Å². The van der Waals surface area contributed by atoms with Crippen molar-refractivity contribution in [1.29, 1.82) is 0 Å². The van der Waals surface area contributed by atoms with Gasteiger partial charge in [-0.15, -0.1) is 0 Å². The van der Waals surface area contributed by atoms with E-state index in [0.29, 0.717) is 12.3 Å². The van der Waals surface area contributed by atoms with Crippen molar-refractivity contribution in [2.24, 2.45) is 5.92 Å². The van der Waals surface area contributed by atoms with E-state index in [2.05, 4.69) is 24.5 Å². The van der Waals surface area contributed by atoms with Gasteiger partial charge in [-0.3, -0.25) is 4.79 Å². The molecule has 0 fully saturated rings. The summed E-state index contributed by atoms with van der Waals surface area (Å²) in [5.74, 6) is 0.758.